The van der Waals surface area contributed by atoms with Gasteiger partial charge in [-0.25, -0.2) is 4.39 Å². The number of halogens is 1. The first-order valence-corrected chi connectivity index (χ1v) is 9.71. The lowest BCUT2D eigenvalue weighted by molar-refractivity contribution is 0.104. The Morgan fingerprint density at radius 2 is 1.73 bits per heavy atom. The Hall–Kier alpha value is -1.71. The van der Waals surface area contributed by atoms with Crippen LogP contribution in [0.2, 0.25) is 0 Å². The molecule has 0 radical (unpaired) electrons. The Kier molecular flexibility index (Phi) is 8.79. The van der Waals surface area contributed by atoms with Gasteiger partial charge in [-0.2, -0.15) is 0 Å². The summed E-state index contributed by atoms with van der Waals surface area (Å²) in [6, 6.07) is 13.2. The van der Waals surface area contributed by atoms with Gasteiger partial charge in [0.15, 0.2) is 0 Å². The van der Waals surface area contributed by atoms with Crippen molar-refractivity contribution in [1.29, 1.82) is 0 Å². The number of aryl methyl sites for hydroxylation is 2. The maximum Gasteiger partial charge on any atom is 0.128 e. The maximum atomic E-state index is 13.8. The predicted octanol–water partition coefficient (Wildman–Crippen LogP) is 5.52. The van der Waals surface area contributed by atoms with Gasteiger partial charge in [0.1, 0.15) is 5.82 Å². The van der Waals surface area contributed by atoms with Gasteiger partial charge in [0.05, 0.1) is 13.2 Å². The van der Waals surface area contributed by atoms with Gasteiger partial charge in [0, 0.05) is 18.0 Å². The van der Waals surface area contributed by atoms with E-state index in [1.54, 1.807) is 12.1 Å². The molecular formula is C23H32FNO. The summed E-state index contributed by atoms with van der Waals surface area (Å²) in [5.74, 6) is 0.0680. The molecule has 3 heteroatoms. The summed E-state index contributed by atoms with van der Waals surface area (Å²) < 4.78 is 19.7. The largest absolute Gasteiger partial charge is 0.376 e. The van der Waals surface area contributed by atoms with E-state index in [9.17, 15) is 4.39 Å². The fourth-order valence-electron chi connectivity index (χ4n) is 3.42. The number of rotatable bonds is 11. The van der Waals surface area contributed by atoms with Crippen molar-refractivity contribution in [3.63, 3.8) is 0 Å². The molecule has 2 aromatic rings. The first-order valence-electron chi connectivity index (χ1n) is 9.71. The quantitative estimate of drug-likeness (QED) is 0.534. The first kappa shape index (κ1) is 20.6. The summed E-state index contributed by atoms with van der Waals surface area (Å²) >= 11 is 0. The molecule has 0 amide bonds. The molecule has 0 saturated carbocycles. The third-order valence-corrected chi connectivity index (χ3v) is 4.83. The monoisotopic (exact) mass is 357 g/mol. The van der Waals surface area contributed by atoms with Crippen LogP contribution in [0.5, 0.6) is 0 Å². The summed E-state index contributed by atoms with van der Waals surface area (Å²) in [7, 11) is 0. The van der Waals surface area contributed by atoms with E-state index in [0.717, 1.165) is 13.1 Å². The molecule has 2 aromatic carbocycles. The van der Waals surface area contributed by atoms with Crippen molar-refractivity contribution in [1.82, 2.24) is 5.32 Å². The summed E-state index contributed by atoms with van der Waals surface area (Å²) in [6.45, 7) is 9.34. The molecule has 0 spiro atoms. The Bertz CT molecular complexity index is 651. The molecule has 26 heavy (non-hydrogen) atoms. The van der Waals surface area contributed by atoms with Crippen LogP contribution in [0.4, 0.5) is 4.39 Å². The maximum absolute atomic E-state index is 13.8. The molecule has 1 N–H and O–H groups in total. The molecule has 0 aliphatic carbocycles. The molecule has 0 aromatic heterocycles. The van der Waals surface area contributed by atoms with Crippen molar-refractivity contribution < 1.29 is 9.13 Å². The van der Waals surface area contributed by atoms with Crippen molar-refractivity contribution in [3.05, 3.63) is 70.5 Å². The molecule has 1 atom stereocenters. The lowest BCUT2D eigenvalue weighted by Crippen LogP contribution is -2.26. The summed E-state index contributed by atoms with van der Waals surface area (Å²) in [6.07, 6.45) is 3.69. The van der Waals surface area contributed by atoms with Crippen LogP contribution in [-0.4, -0.2) is 19.7 Å². The average molecular weight is 358 g/mol. The Balaban J connectivity index is 1.99. The fraction of sp³-hybridized carbons (Fsp3) is 0.478. The Labute approximate surface area is 157 Å². The minimum absolute atomic E-state index is 0.200. The Morgan fingerprint density at radius 1 is 1.00 bits per heavy atom. The molecule has 2 rings (SSSR count). The number of hydrogen-bond donors (Lipinski definition) is 1. The highest BCUT2D eigenvalue weighted by atomic mass is 19.1. The highest BCUT2D eigenvalue weighted by Gasteiger charge is 2.16. The molecule has 0 fully saturated rings. The van der Waals surface area contributed by atoms with Gasteiger partial charge >= 0.3 is 0 Å². The normalized spacial score (nSPS) is 12.3. The van der Waals surface area contributed by atoms with E-state index in [1.165, 1.54) is 42.0 Å². The smallest absolute Gasteiger partial charge is 0.128 e. The van der Waals surface area contributed by atoms with Crippen LogP contribution in [-0.2, 0) is 11.3 Å². The van der Waals surface area contributed by atoms with E-state index in [0.29, 0.717) is 18.8 Å². The second-order valence-corrected chi connectivity index (χ2v) is 7.02. The SMILES string of the molecule is CCCCCNCC(COCc1ccccc1F)c1c(C)cccc1C. The van der Waals surface area contributed by atoms with E-state index in [-0.39, 0.29) is 11.7 Å². The van der Waals surface area contributed by atoms with Crippen LogP contribution >= 0.6 is 0 Å². The van der Waals surface area contributed by atoms with Gasteiger partial charge < -0.3 is 10.1 Å². The van der Waals surface area contributed by atoms with Gasteiger partial charge in [0.2, 0.25) is 0 Å². The third-order valence-electron chi connectivity index (χ3n) is 4.83. The number of unbranched alkanes of at least 4 members (excludes halogenated alkanes) is 2. The number of ether oxygens (including phenoxy) is 1. The van der Waals surface area contributed by atoms with Crippen LogP contribution in [0.3, 0.4) is 0 Å². The van der Waals surface area contributed by atoms with Crippen LogP contribution < -0.4 is 5.32 Å². The van der Waals surface area contributed by atoms with Gasteiger partial charge in [-0.05, 0) is 49.6 Å². The van der Waals surface area contributed by atoms with Crippen molar-refractivity contribution in [2.24, 2.45) is 0 Å². The summed E-state index contributed by atoms with van der Waals surface area (Å²) in [5.41, 5.74) is 4.55. The minimum Gasteiger partial charge on any atom is -0.376 e. The molecule has 0 saturated heterocycles. The lowest BCUT2D eigenvalue weighted by atomic mass is 9.91. The molecule has 2 nitrogen and oxygen atoms in total. The second-order valence-electron chi connectivity index (χ2n) is 7.02. The van der Waals surface area contributed by atoms with E-state index in [4.69, 9.17) is 4.74 Å². The van der Waals surface area contributed by atoms with E-state index in [1.807, 2.05) is 6.07 Å². The topological polar surface area (TPSA) is 21.3 Å². The van der Waals surface area contributed by atoms with Crippen LogP contribution in [0.25, 0.3) is 0 Å². The molecule has 0 bridgehead atoms. The zero-order valence-corrected chi connectivity index (χ0v) is 16.4. The van der Waals surface area contributed by atoms with Crippen molar-refractivity contribution >= 4 is 0 Å². The molecule has 0 aliphatic rings. The fourth-order valence-corrected chi connectivity index (χ4v) is 3.42. The minimum atomic E-state index is -0.200. The highest BCUT2D eigenvalue weighted by Crippen LogP contribution is 2.24. The average Bonchev–Trinajstić information content (AvgIpc) is 2.62. The first-order chi connectivity index (χ1) is 12.6. The second kappa shape index (κ2) is 11.1. The third kappa shape index (κ3) is 6.22. The number of benzene rings is 2. The summed E-state index contributed by atoms with van der Waals surface area (Å²) in [4.78, 5) is 0. The zero-order valence-electron chi connectivity index (χ0n) is 16.4. The molecule has 1 unspecified atom stereocenters. The molecule has 0 aliphatic heterocycles. The molecule has 142 valence electrons. The predicted molar refractivity (Wildman–Crippen MR) is 107 cm³/mol. The number of hydrogen-bond acceptors (Lipinski definition) is 2. The highest BCUT2D eigenvalue weighted by molar-refractivity contribution is 5.37. The zero-order chi connectivity index (χ0) is 18.8. The van der Waals surface area contributed by atoms with Gasteiger partial charge in [0.25, 0.3) is 0 Å². The van der Waals surface area contributed by atoms with E-state index < -0.39 is 0 Å². The molecule has 0 heterocycles. The van der Waals surface area contributed by atoms with Crippen LogP contribution in [0, 0.1) is 19.7 Å². The van der Waals surface area contributed by atoms with Crippen LogP contribution in [0.15, 0.2) is 42.5 Å². The van der Waals surface area contributed by atoms with Crippen molar-refractivity contribution in [2.75, 3.05) is 19.7 Å². The van der Waals surface area contributed by atoms with E-state index >= 15 is 0 Å². The van der Waals surface area contributed by atoms with Crippen molar-refractivity contribution in [2.45, 2.75) is 52.6 Å². The van der Waals surface area contributed by atoms with Gasteiger partial charge in [-0.1, -0.05) is 56.2 Å². The summed E-state index contributed by atoms with van der Waals surface area (Å²) in [5, 5.41) is 3.58. The van der Waals surface area contributed by atoms with Crippen molar-refractivity contribution in [3.8, 4) is 0 Å². The van der Waals surface area contributed by atoms with Gasteiger partial charge in [-0.15, -0.1) is 0 Å². The Morgan fingerprint density at radius 3 is 2.42 bits per heavy atom. The van der Waals surface area contributed by atoms with Crippen LogP contribution in [0.1, 0.15) is 54.4 Å². The van der Waals surface area contributed by atoms with Gasteiger partial charge in [-0.3, -0.25) is 0 Å². The standard InChI is InChI=1S/C23H32FNO/c1-4-5-8-14-25-15-21(23-18(2)10-9-11-19(23)3)17-26-16-20-12-6-7-13-22(20)24/h6-7,9-13,21,25H,4-5,8,14-17H2,1-3H3. The van der Waals surface area contributed by atoms with E-state index in [2.05, 4.69) is 44.3 Å². The molecular weight excluding hydrogens is 325 g/mol. The lowest BCUT2D eigenvalue weighted by Gasteiger charge is -2.22. The number of nitrogens with one attached hydrogen (secondary N) is 1.